The molecular formula is C6H7BrClN3. The highest BCUT2D eigenvalue weighted by atomic mass is 79.9. The van der Waals surface area contributed by atoms with Crippen molar-refractivity contribution in [1.82, 2.24) is 0 Å². The Kier molecular flexibility index (Phi) is 2.59. The maximum atomic E-state index is 5.72. The van der Waals surface area contributed by atoms with Crippen LogP contribution in [0.1, 0.15) is 0 Å². The van der Waals surface area contributed by atoms with Crippen LogP contribution in [0, 0.1) is 0 Å². The van der Waals surface area contributed by atoms with E-state index >= 15 is 0 Å². The lowest BCUT2D eigenvalue weighted by molar-refractivity contribution is 1.35. The Labute approximate surface area is 77.8 Å². The van der Waals surface area contributed by atoms with Crippen molar-refractivity contribution in [1.29, 1.82) is 0 Å². The van der Waals surface area contributed by atoms with Crippen molar-refractivity contribution in [2.45, 2.75) is 0 Å². The van der Waals surface area contributed by atoms with E-state index in [-0.39, 0.29) is 0 Å². The molecule has 5 N–H and O–H groups in total. The highest BCUT2D eigenvalue weighted by molar-refractivity contribution is 9.10. The van der Waals surface area contributed by atoms with E-state index in [9.17, 15) is 0 Å². The number of nitrogens with two attached hydrogens (primary N) is 2. The van der Waals surface area contributed by atoms with E-state index < -0.39 is 0 Å². The zero-order chi connectivity index (χ0) is 8.43. The average Bonchev–Trinajstić information content (AvgIpc) is 1.96. The van der Waals surface area contributed by atoms with Crippen molar-refractivity contribution < 1.29 is 0 Å². The summed E-state index contributed by atoms with van der Waals surface area (Å²) in [7, 11) is 0. The summed E-state index contributed by atoms with van der Waals surface area (Å²) in [5, 5.41) is 0.582. The molecule has 11 heavy (non-hydrogen) atoms. The molecule has 3 nitrogen and oxygen atoms in total. The Balaban J connectivity index is 3.24. The topological polar surface area (TPSA) is 64.1 Å². The number of hydrogen-bond acceptors (Lipinski definition) is 3. The van der Waals surface area contributed by atoms with Crippen LogP contribution in [-0.2, 0) is 0 Å². The second-order valence-corrected chi connectivity index (χ2v) is 3.28. The van der Waals surface area contributed by atoms with Gasteiger partial charge in [0, 0.05) is 9.50 Å². The fourth-order valence-corrected chi connectivity index (χ4v) is 1.51. The molecule has 0 unspecified atom stereocenters. The lowest BCUT2D eigenvalue weighted by Gasteiger charge is -2.06. The third-order valence-electron chi connectivity index (χ3n) is 1.25. The summed E-state index contributed by atoms with van der Waals surface area (Å²) in [6.07, 6.45) is 0. The lowest BCUT2D eigenvalue weighted by Crippen LogP contribution is -2.09. The van der Waals surface area contributed by atoms with Gasteiger partial charge in [0.1, 0.15) is 0 Å². The number of hydrogen-bond donors (Lipinski definition) is 3. The number of benzene rings is 1. The Morgan fingerprint density at radius 3 is 2.64 bits per heavy atom. The summed E-state index contributed by atoms with van der Waals surface area (Å²) in [5.74, 6) is 5.18. The van der Waals surface area contributed by atoms with Crippen LogP contribution in [0.25, 0.3) is 0 Å². The van der Waals surface area contributed by atoms with Crippen LogP contribution in [0.5, 0.6) is 0 Å². The van der Waals surface area contributed by atoms with Crippen LogP contribution in [0.2, 0.25) is 5.02 Å². The maximum absolute atomic E-state index is 5.72. The van der Waals surface area contributed by atoms with Crippen LogP contribution in [0.3, 0.4) is 0 Å². The molecule has 0 aliphatic rings. The molecular weight excluding hydrogens is 229 g/mol. The van der Waals surface area contributed by atoms with Crippen molar-refractivity contribution in [3.8, 4) is 0 Å². The summed E-state index contributed by atoms with van der Waals surface area (Å²) < 4.78 is 0.734. The van der Waals surface area contributed by atoms with Gasteiger partial charge in [-0.3, -0.25) is 5.84 Å². The van der Waals surface area contributed by atoms with Crippen LogP contribution in [0.4, 0.5) is 11.4 Å². The monoisotopic (exact) mass is 235 g/mol. The van der Waals surface area contributed by atoms with Crippen LogP contribution >= 0.6 is 27.5 Å². The van der Waals surface area contributed by atoms with Crippen molar-refractivity contribution in [2.24, 2.45) is 5.84 Å². The number of hydrazine groups is 1. The summed E-state index contributed by atoms with van der Waals surface area (Å²) in [4.78, 5) is 0. The highest BCUT2D eigenvalue weighted by Gasteiger charge is 2.02. The molecule has 0 amide bonds. The van der Waals surface area contributed by atoms with E-state index in [1.165, 1.54) is 0 Å². The number of halogens is 2. The van der Waals surface area contributed by atoms with Crippen LogP contribution in [0.15, 0.2) is 16.6 Å². The summed E-state index contributed by atoms with van der Waals surface area (Å²) in [6, 6.07) is 3.36. The zero-order valence-corrected chi connectivity index (χ0v) is 7.91. The zero-order valence-electron chi connectivity index (χ0n) is 5.57. The first-order valence-corrected chi connectivity index (χ1v) is 4.03. The predicted octanol–water partition coefficient (Wildman–Crippen LogP) is 1.97. The molecule has 0 heterocycles. The Morgan fingerprint density at radius 2 is 2.09 bits per heavy atom. The van der Waals surface area contributed by atoms with Gasteiger partial charge in [-0.15, -0.1) is 0 Å². The van der Waals surface area contributed by atoms with Crippen molar-refractivity contribution >= 4 is 38.9 Å². The number of nitrogen functional groups attached to an aromatic ring is 2. The van der Waals surface area contributed by atoms with Crippen molar-refractivity contribution in [3.05, 3.63) is 21.6 Å². The van der Waals surface area contributed by atoms with E-state index in [0.29, 0.717) is 16.4 Å². The molecule has 0 saturated carbocycles. The molecule has 0 aliphatic carbocycles. The first kappa shape index (κ1) is 8.64. The fraction of sp³-hybridized carbons (Fsp3) is 0. The van der Waals surface area contributed by atoms with Gasteiger partial charge in [0.25, 0.3) is 0 Å². The molecule has 0 atom stereocenters. The Bertz CT molecular complexity index is 277. The van der Waals surface area contributed by atoms with E-state index in [1.54, 1.807) is 12.1 Å². The lowest BCUT2D eigenvalue weighted by atomic mass is 10.3. The normalized spacial score (nSPS) is 9.73. The smallest absolute Gasteiger partial charge is 0.0742 e. The highest BCUT2D eigenvalue weighted by Crippen LogP contribution is 2.30. The summed E-state index contributed by atoms with van der Waals surface area (Å²) in [6.45, 7) is 0. The molecule has 0 radical (unpaired) electrons. The standard InChI is InChI=1S/C6H7BrClN3/c7-4-1-3(8)2-5(11-10)6(4)9/h1-2,11H,9-10H2. The molecule has 0 spiro atoms. The molecule has 5 heteroatoms. The molecule has 1 rings (SSSR count). The fourth-order valence-electron chi connectivity index (χ4n) is 0.704. The molecule has 0 bridgehead atoms. The SMILES string of the molecule is NNc1cc(Cl)cc(Br)c1N. The molecule has 0 fully saturated rings. The van der Waals surface area contributed by atoms with Gasteiger partial charge < -0.3 is 11.2 Å². The second-order valence-electron chi connectivity index (χ2n) is 1.99. The van der Waals surface area contributed by atoms with Gasteiger partial charge in [-0.1, -0.05) is 11.6 Å². The molecule has 1 aromatic carbocycles. The molecule has 0 saturated heterocycles. The quantitative estimate of drug-likeness (QED) is 0.397. The minimum atomic E-state index is 0.553. The van der Waals surface area contributed by atoms with E-state index in [0.717, 1.165) is 4.47 Å². The van der Waals surface area contributed by atoms with E-state index in [2.05, 4.69) is 21.4 Å². The molecule has 1 aromatic rings. The van der Waals surface area contributed by atoms with Crippen molar-refractivity contribution in [3.63, 3.8) is 0 Å². The van der Waals surface area contributed by atoms with Gasteiger partial charge in [-0.25, -0.2) is 0 Å². The maximum Gasteiger partial charge on any atom is 0.0742 e. The average molecular weight is 236 g/mol. The van der Waals surface area contributed by atoms with Crippen LogP contribution in [-0.4, -0.2) is 0 Å². The predicted molar refractivity (Wildman–Crippen MR) is 51.4 cm³/mol. The van der Waals surface area contributed by atoms with Crippen molar-refractivity contribution in [2.75, 3.05) is 11.2 Å². The molecule has 60 valence electrons. The van der Waals surface area contributed by atoms with E-state index in [4.69, 9.17) is 23.2 Å². The Hall–Kier alpha value is -0.450. The van der Waals surface area contributed by atoms with Crippen LogP contribution < -0.4 is 17.0 Å². The second kappa shape index (κ2) is 3.30. The largest absolute Gasteiger partial charge is 0.396 e. The Morgan fingerprint density at radius 1 is 1.45 bits per heavy atom. The minimum Gasteiger partial charge on any atom is -0.396 e. The number of rotatable bonds is 1. The van der Waals surface area contributed by atoms with Gasteiger partial charge in [-0.05, 0) is 28.1 Å². The summed E-state index contributed by atoms with van der Waals surface area (Å²) in [5.41, 5.74) is 9.22. The minimum absolute atomic E-state index is 0.553. The first-order chi connectivity index (χ1) is 5.15. The van der Waals surface area contributed by atoms with E-state index in [1.807, 2.05) is 0 Å². The van der Waals surface area contributed by atoms with Gasteiger partial charge in [-0.2, -0.15) is 0 Å². The van der Waals surface area contributed by atoms with Gasteiger partial charge in [0.2, 0.25) is 0 Å². The van der Waals surface area contributed by atoms with Gasteiger partial charge in [0.15, 0.2) is 0 Å². The number of anilines is 2. The molecule has 0 aliphatic heterocycles. The summed E-state index contributed by atoms with van der Waals surface area (Å²) >= 11 is 8.95. The third kappa shape index (κ3) is 1.77. The van der Waals surface area contributed by atoms with Gasteiger partial charge in [0.05, 0.1) is 11.4 Å². The van der Waals surface area contributed by atoms with Gasteiger partial charge >= 0.3 is 0 Å². The first-order valence-electron chi connectivity index (χ1n) is 2.86. The number of nitrogens with one attached hydrogen (secondary N) is 1. The third-order valence-corrected chi connectivity index (χ3v) is 2.12. The molecule has 0 aromatic heterocycles.